The third-order valence-corrected chi connectivity index (χ3v) is 10.3. The van der Waals surface area contributed by atoms with Gasteiger partial charge >= 0.3 is 6.01 Å². The molecule has 4 fully saturated rings. The second kappa shape index (κ2) is 12.5. The molecule has 4 atom stereocenters. The lowest BCUT2D eigenvalue weighted by atomic mass is 9.98. The molecule has 226 valence electrons. The molecule has 0 aliphatic carbocycles. The molecule has 4 aliphatic rings. The Balaban J connectivity index is 1.19. The van der Waals surface area contributed by atoms with Crippen LogP contribution < -0.4 is 15.0 Å². The zero-order valence-corrected chi connectivity index (χ0v) is 25.5. The third-order valence-electron chi connectivity index (χ3n) is 9.93. The molecule has 0 amide bonds. The molecule has 4 unspecified atom stereocenters. The minimum atomic E-state index is -0.401. The van der Waals surface area contributed by atoms with Crippen LogP contribution in [0, 0.1) is 5.82 Å². The van der Waals surface area contributed by atoms with Gasteiger partial charge in [0.1, 0.15) is 11.3 Å². The van der Waals surface area contributed by atoms with Gasteiger partial charge in [0.25, 0.3) is 0 Å². The Kier molecular flexibility index (Phi) is 8.39. The number of anilines is 1. The number of nitrogens with one attached hydrogen (secondary N) is 1. The smallest absolute Gasteiger partial charge is 0.319 e. The summed E-state index contributed by atoms with van der Waals surface area (Å²) in [5.74, 6) is 0.315. The Bertz CT molecular complexity index is 1500. The summed E-state index contributed by atoms with van der Waals surface area (Å²) in [7, 11) is 0. The maximum absolute atomic E-state index is 16.5. The van der Waals surface area contributed by atoms with E-state index in [0.29, 0.717) is 46.9 Å². The van der Waals surface area contributed by atoms with E-state index in [9.17, 15) is 0 Å². The predicted molar refractivity (Wildman–Crippen MR) is 173 cm³/mol. The summed E-state index contributed by atoms with van der Waals surface area (Å²) < 4.78 is 22.7. The first-order chi connectivity index (χ1) is 21.1. The molecule has 0 spiro atoms. The zero-order valence-electron chi connectivity index (χ0n) is 24.8. The summed E-state index contributed by atoms with van der Waals surface area (Å²) in [5.41, 5.74) is 2.70. The lowest BCUT2D eigenvalue weighted by molar-refractivity contribution is 0.129. The average molecular weight is 602 g/mol. The molecule has 1 N–H and O–H groups in total. The largest absolute Gasteiger partial charge is 0.463 e. The fourth-order valence-electron chi connectivity index (χ4n) is 7.86. The van der Waals surface area contributed by atoms with Crippen molar-refractivity contribution in [2.45, 2.75) is 82.0 Å². The Labute approximate surface area is 259 Å². The van der Waals surface area contributed by atoms with Crippen LogP contribution in [0.1, 0.15) is 68.1 Å². The Morgan fingerprint density at radius 1 is 1.05 bits per heavy atom. The number of piperazine rings is 1. The molecule has 6 nitrogen and oxygen atoms in total. The SMILES string of the molecule is C=C/C=C\c1ccccc1Cc1c(Cl)cc2c(N3CC4CCC(C3)N4)nc(OCCCN3C4CCCC3CC4)nc2c1F. The van der Waals surface area contributed by atoms with E-state index >= 15 is 4.39 Å². The van der Waals surface area contributed by atoms with Gasteiger partial charge in [0.2, 0.25) is 0 Å². The van der Waals surface area contributed by atoms with Crippen LogP contribution in [0.5, 0.6) is 6.01 Å². The normalized spacial score (nSPS) is 25.2. The van der Waals surface area contributed by atoms with Gasteiger partial charge in [0.05, 0.1) is 6.61 Å². The maximum atomic E-state index is 16.5. The second-order valence-electron chi connectivity index (χ2n) is 12.6. The third kappa shape index (κ3) is 5.92. The first-order valence-electron chi connectivity index (χ1n) is 16.0. The van der Waals surface area contributed by atoms with Crippen molar-refractivity contribution in [1.82, 2.24) is 20.2 Å². The molecular weight excluding hydrogens is 561 g/mol. The molecule has 8 heteroatoms. The van der Waals surface area contributed by atoms with Crippen molar-refractivity contribution < 1.29 is 9.13 Å². The van der Waals surface area contributed by atoms with Crippen LogP contribution in [0.4, 0.5) is 10.2 Å². The van der Waals surface area contributed by atoms with Crippen LogP contribution >= 0.6 is 11.6 Å². The van der Waals surface area contributed by atoms with Gasteiger partial charge in [-0.25, -0.2) is 4.39 Å². The van der Waals surface area contributed by atoms with Crippen molar-refractivity contribution in [2.24, 2.45) is 0 Å². The van der Waals surface area contributed by atoms with Crippen LogP contribution in [-0.2, 0) is 6.42 Å². The van der Waals surface area contributed by atoms with Gasteiger partial charge in [-0.3, -0.25) is 4.90 Å². The highest BCUT2D eigenvalue weighted by Crippen LogP contribution is 2.38. The Hall–Kier alpha value is -3.00. The molecular formula is C35H41ClFN5O. The van der Waals surface area contributed by atoms with Crippen molar-refractivity contribution in [1.29, 1.82) is 0 Å². The van der Waals surface area contributed by atoms with Crippen LogP contribution in [0.2, 0.25) is 5.02 Å². The van der Waals surface area contributed by atoms with E-state index in [1.807, 2.05) is 42.5 Å². The summed E-state index contributed by atoms with van der Waals surface area (Å²) in [5, 5.41) is 4.72. The van der Waals surface area contributed by atoms with Crippen LogP contribution in [-0.4, -0.2) is 65.3 Å². The number of hydrogen-bond donors (Lipinski definition) is 1. The summed E-state index contributed by atoms with van der Waals surface area (Å²) in [4.78, 5) is 14.5. The van der Waals surface area contributed by atoms with Gasteiger partial charge in [-0.1, -0.05) is 67.1 Å². The number of hydrogen-bond acceptors (Lipinski definition) is 6. The van der Waals surface area contributed by atoms with Crippen molar-refractivity contribution in [3.63, 3.8) is 0 Å². The van der Waals surface area contributed by atoms with Crippen LogP contribution in [0.15, 0.2) is 49.1 Å². The number of rotatable bonds is 10. The summed E-state index contributed by atoms with van der Waals surface area (Å²) in [6.07, 6.45) is 15.8. The van der Waals surface area contributed by atoms with Gasteiger partial charge in [-0.2, -0.15) is 9.97 Å². The van der Waals surface area contributed by atoms with Gasteiger partial charge in [-0.15, -0.1) is 0 Å². The molecule has 4 saturated heterocycles. The van der Waals surface area contributed by atoms with E-state index in [1.165, 1.54) is 32.1 Å². The van der Waals surface area contributed by atoms with E-state index in [2.05, 4.69) is 26.7 Å². The number of nitrogens with zero attached hydrogens (tertiary/aromatic N) is 4. The molecule has 43 heavy (non-hydrogen) atoms. The van der Waals surface area contributed by atoms with Gasteiger partial charge in [0.15, 0.2) is 5.82 Å². The lowest BCUT2D eigenvalue weighted by Gasteiger charge is -2.34. The lowest BCUT2D eigenvalue weighted by Crippen LogP contribution is -2.51. The maximum Gasteiger partial charge on any atom is 0.319 e. The van der Waals surface area contributed by atoms with Gasteiger partial charge in [-0.05, 0) is 62.1 Å². The molecule has 0 radical (unpaired) electrons. The second-order valence-corrected chi connectivity index (χ2v) is 13.1. The number of fused-ring (bicyclic) bond motifs is 5. The first kappa shape index (κ1) is 28.8. The first-order valence-corrected chi connectivity index (χ1v) is 16.4. The van der Waals surface area contributed by atoms with Crippen molar-refractivity contribution in [3.8, 4) is 6.01 Å². The standard InChI is InChI=1S/C35H41ClFN5O/c1-2-3-8-23-9-4-5-10-24(23)19-29-31(36)20-30-33(32(29)37)39-35(40-34(30)41-21-25-13-14-26(22-41)38-25)43-18-7-17-42-27-11-6-12-28(42)16-15-27/h2-5,8-10,20,25-28,38H,1,6-7,11-19,21-22H2/b8-3-. The number of aromatic nitrogens is 2. The highest BCUT2D eigenvalue weighted by Gasteiger charge is 2.36. The number of allylic oxidation sites excluding steroid dienone is 2. The van der Waals surface area contributed by atoms with E-state index in [1.54, 1.807) is 6.08 Å². The monoisotopic (exact) mass is 601 g/mol. The quantitative estimate of drug-likeness (QED) is 0.201. The number of ether oxygens (including phenoxy) is 1. The molecule has 4 aliphatic heterocycles. The van der Waals surface area contributed by atoms with Gasteiger partial charge < -0.3 is 15.0 Å². The van der Waals surface area contributed by atoms with Crippen molar-refractivity contribution >= 4 is 34.4 Å². The zero-order chi connectivity index (χ0) is 29.3. The Morgan fingerprint density at radius 2 is 1.81 bits per heavy atom. The number of benzene rings is 2. The topological polar surface area (TPSA) is 53.5 Å². The van der Waals surface area contributed by atoms with Crippen molar-refractivity contribution in [3.05, 3.63) is 76.6 Å². The summed E-state index contributed by atoms with van der Waals surface area (Å²) in [6.45, 7) is 6.97. The Morgan fingerprint density at radius 3 is 2.58 bits per heavy atom. The molecule has 2 aromatic carbocycles. The predicted octanol–water partition coefficient (Wildman–Crippen LogP) is 6.94. The van der Waals surface area contributed by atoms with Crippen molar-refractivity contribution in [2.75, 3.05) is 31.1 Å². The van der Waals surface area contributed by atoms with E-state index < -0.39 is 5.82 Å². The number of piperidine rings is 1. The molecule has 4 bridgehead atoms. The molecule has 5 heterocycles. The molecule has 1 aromatic heterocycles. The molecule has 7 rings (SSSR count). The molecule has 0 saturated carbocycles. The van der Waals surface area contributed by atoms with E-state index in [-0.39, 0.29) is 11.5 Å². The summed E-state index contributed by atoms with van der Waals surface area (Å²) in [6, 6.07) is 12.4. The summed E-state index contributed by atoms with van der Waals surface area (Å²) >= 11 is 6.84. The minimum Gasteiger partial charge on any atom is -0.463 e. The van der Waals surface area contributed by atoms with E-state index in [4.69, 9.17) is 21.3 Å². The minimum absolute atomic E-state index is 0.247. The van der Waals surface area contributed by atoms with Gasteiger partial charge in [0, 0.05) is 66.2 Å². The number of halogens is 2. The average Bonchev–Trinajstić information content (AvgIpc) is 3.46. The van der Waals surface area contributed by atoms with Crippen LogP contribution in [0.3, 0.4) is 0 Å². The fraction of sp³-hybridized carbons (Fsp3) is 0.486. The van der Waals surface area contributed by atoms with E-state index in [0.717, 1.165) is 62.1 Å². The molecule has 3 aromatic rings. The highest BCUT2D eigenvalue weighted by atomic mass is 35.5. The highest BCUT2D eigenvalue weighted by molar-refractivity contribution is 6.32. The fourth-order valence-corrected chi connectivity index (χ4v) is 8.12. The van der Waals surface area contributed by atoms with Crippen LogP contribution in [0.25, 0.3) is 17.0 Å².